The Kier molecular flexibility index (Phi) is 3.94. The number of fused-ring (bicyclic) bond motifs is 3. The van der Waals surface area contributed by atoms with Crippen LogP contribution in [0.2, 0.25) is 0 Å². The van der Waals surface area contributed by atoms with Gasteiger partial charge in [0.25, 0.3) is 5.82 Å². The Morgan fingerprint density at radius 3 is 2.19 bits per heavy atom. The second-order valence-electron chi connectivity index (χ2n) is 7.79. The molecule has 2 heterocycles. The largest absolute Gasteiger partial charge is 0.538 e. The second-order valence-corrected chi connectivity index (χ2v) is 7.79. The Morgan fingerprint density at radius 1 is 0.923 bits per heavy atom. The van der Waals surface area contributed by atoms with Crippen molar-refractivity contribution >= 4 is 18.1 Å². The molecule has 0 amide bonds. The first kappa shape index (κ1) is 17.0. The molecule has 0 aliphatic carbocycles. The number of imidazole rings is 1. The SMILES string of the molecule is Cc1cccc(C)c1B1N(C(C)C)c2cccc(C)c2-c2n(C)cc[n+]21. The lowest BCUT2D eigenvalue weighted by Crippen LogP contribution is -2.73. The number of benzene rings is 2. The monoisotopic (exact) mass is 344 g/mol. The predicted molar refractivity (Wildman–Crippen MR) is 110 cm³/mol. The first-order valence-electron chi connectivity index (χ1n) is 9.42. The highest BCUT2D eigenvalue weighted by molar-refractivity contribution is 6.71. The van der Waals surface area contributed by atoms with Gasteiger partial charge in [-0.05, 0) is 57.4 Å². The molecule has 4 rings (SSSR count). The molecule has 0 atom stereocenters. The molecule has 0 bridgehead atoms. The topological polar surface area (TPSA) is 12.1 Å². The molecular formula is C22H27BN3+. The second kappa shape index (κ2) is 6.05. The van der Waals surface area contributed by atoms with Crippen LogP contribution in [0.3, 0.4) is 0 Å². The minimum Gasteiger partial charge on any atom is -0.367 e. The van der Waals surface area contributed by atoms with E-state index in [1.165, 1.54) is 39.2 Å². The number of anilines is 1. The summed E-state index contributed by atoms with van der Waals surface area (Å²) in [5, 5.41) is 0. The quantitative estimate of drug-likeness (QED) is 0.649. The molecule has 132 valence electrons. The molecule has 0 spiro atoms. The van der Waals surface area contributed by atoms with Crippen LogP contribution < -0.4 is 14.8 Å². The van der Waals surface area contributed by atoms with E-state index in [0.29, 0.717) is 6.04 Å². The smallest absolute Gasteiger partial charge is 0.367 e. The van der Waals surface area contributed by atoms with E-state index in [4.69, 9.17) is 0 Å². The fraction of sp³-hybridized carbons (Fsp3) is 0.318. The van der Waals surface area contributed by atoms with E-state index < -0.39 is 0 Å². The van der Waals surface area contributed by atoms with E-state index in [1.807, 2.05) is 0 Å². The summed E-state index contributed by atoms with van der Waals surface area (Å²) in [6.07, 6.45) is 4.41. The highest BCUT2D eigenvalue weighted by Crippen LogP contribution is 2.36. The van der Waals surface area contributed by atoms with Crippen molar-refractivity contribution in [3.8, 4) is 11.4 Å². The average molecular weight is 344 g/mol. The van der Waals surface area contributed by atoms with Gasteiger partial charge in [-0.1, -0.05) is 30.3 Å². The summed E-state index contributed by atoms with van der Waals surface area (Å²) in [7, 11) is 2.15. The van der Waals surface area contributed by atoms with Crippen LogP contribution in [0.25, 0.3) is 11.4 Å². The molecule has 1 aliphatic rings. The van der Waals surface area contributed by atoms with E-state index >= 15 is 0 Å². The Hall–Kier alpha value is -2.49. The summed E-state index contributed by atoms with van der Waals surface area (Å²) in [6.45, 7) is 11.4. The van der Waals surface area contributed by atoms with Gasteiger partial charge in [-0.3, -0.25) is 4.48 Å². The van der Waals surface area contributed by atoms with Gasteiger partial charge in [-0.15, -0.1) is 0 Å². The van der Waals surface area contributed by atoms with Crippen LogP contribution in [0.4, 0.5) is 5.69 Å². The molecule has 0 saturated carbocycles. The maximum atomic E-state index is 2.57. The molecule has 2 aromatic carbocycles. The van der Waals surface area contributed by atoms with Crippen molar-refractivity contribution in [1.82, 2.24) is 4.57 Å². The molecule has 0 unspecified atom stereocenters. The summed E-state index contributed by atoms with van der Waals surface area (Å²) in [5.74, 6) is 1.28. The number of hydrogen-bond acceptors (Lipinski definition) is 1. The number of hydrogen-bond donors (Lipinski definition) is 0. The Labute approximate surface area is 157 Å². The normalized spacial score (nSPS) is 13.2. The third-order valence-corrected chi connectivity index (χ3v) is 5.67. The van der Waals surface area contributed by atoms with Crippen molar-refractivity contribution in [1.29, 1.82) is 0 Å². The number of rotatable bonds is 2. The molecule has 1 aliphatic heterocycles. The summed E-state index contributed by atoms with van der Waals surface area (Å²) in [6, 6.07) is 13.7. The van der Waals surface area contributed by atoms with E-state index in [2.05, 4.69) is 104 Å². The van der Waals surface area contributed by atoms with Gasteiger partial charge in [-0.25, -0.2) is 4.57 Å². The van der Waals surface area contributed by atoms with Gasteiger partial charge in [0.05, 0.1) is 12.6 Å². The molecular weight excluding hydrogens is 317 g/mol. The van der Waals surface area contributed by atoms with Crippen LogP contribution in [-0.2, 0) is 7.05 Å². The Balaban J connectivity index is 2.09. The molecule has 0 N–H and O–H groups in total. The zero-order chi connectivity index (χ0) is 18.6. The van der Waals surface area contributed by atoms with Gasteiger partial charge in [0.15, 0.2) is 0 Å². The average Bonchev–Trinajstić information content (AvgIpc) is 2.96. The van der Waals surface area contributed by atoms with Crippen LogP contribution in [0.1, 0.15) is 30.5 Å². The number of nitrogens with zero attached hydrogens (tertiary/aromatic N) is 3. The van der Waals surface area contributed by atoms with Crippen LogP contribution in [-0.4, -0.2) is 17.6 Å². The third-order valence-electron chi connectivity index (χ3n) is 5.67. The highest BCUT2D eigenvalue weighted by atomic mass is 15.2. The van der Waals surface area contributed by atoms with E-state index in [9.17, 15) is 0 Å². The van der Waals surface area contributed by atoms with Crippen molar-refractivity contribution < 1.29 is 4.48 Å². The lowest BCUT2D eigenvalue weighted by Gasteiger charge is -2.38. The number of aryl methyl sites for hydroxylation is 4. The van der Waals surface area contributed by atoms with Gasteiger partial charge < -0.3 is 4.81 Å². The summed E-state index contributed by atoms with van der Waals surface area (Å²) >= 11 is 0. The summed E-state index contributed by atoms with van der Waals surface area (Å²) < 4.78 is 4.70. The first-order chi connectivity index (χ1) is 12.4. The molecule has 0 saturated heterocycles. The minimum absolute atomic E-state index is 0.168. The first-order valence-corrected chi connectivity index (χ1v) is 9.42. The minimum atomic E-state index is 0.168. The van der Waals surface area contributed by atoms with E-state index in [-0.39, 0.29) is 6.98 Å². The zero-order valence-electron chi connectivity index (χ0n) is 16.6. The Bertz CT molecular complexity index is 967. The molecule has 3 nitrogen and oxygen atoms in total. The zero-order valence-corrected chi connectivity index (χ0v) is 16.6. The predicted octanol–water partition coefficient (Wildman–Crippen LogP) is 3.38. The lowest BCUT2D eigenvalue weighted by molar-refractivity contribution is -0.524. The van der Waals surface area contributed by atoms with E-state index in [0.717, 1.165) is 0 Å². The molecule has 0 fully saturated rings. The van der Waals surface area contributed by atoms with Gasteiger partial charge in [0.2, 0.25) is 0 Å². The van der Waals surface area contributed by atoms with Crippen LogP contribution in [0.15, 0.2) is 48.8 Å². The highest BCUT2D eigenvalue weighted by Gasteiger charge is 2.46. The van der Waals surface area contributed by atoms with Crippen molar-refractivity contribution in [3.05, 3.63) is 65.5 Å². The van der Waals surface area contributed by atoms with Crippen molar-refractivity contribution in [2.24, 2.45) is 7.05 Å². The molecule has 0 radical (unpaired) electrons. The molecule has 3 aromatic rings. The summed E-state index contributed by atoms with van der Waals surface area (Å²) in [5.41, 5.74) is 8.10. The van der Waals surface area contributed by atoms with Crippen LogP contribution in [0.5, 0.6) is 0 Å². The molecule has 1 aromatic heterocycles. The van der Waals surface area contributed by atoms with Crippen LogP contribution in [0, 0.1) is 20.8 Å². The third kappa shape index (κ3) is 2.32. The maximum absolute atomic E-state index is 2.57. The molecule has 26 heavy (non-hydrogen) atoms. The maximum Gasteiger partial charge on any atom is 0.538 e. The fourth-order valence-corrected chi connectivity index (χ4v) is 4.50. The van der Waals surface area contributed by atoms with Crippen LogP contribution >= 0.6 is 0 Å². The van der Waals surface area contributed by atoms with Gasteiger partial charge >= 0.3 is 6.98 Å². The van der Waals surface area contributed by atoms with Crippen molar-refractivity contribution in [2.45, 2.75) is 40.7 Å². The van der Waals surface area contributed by atoms with Gasteiger partial charge in [0.1, 0.15) is 12.4 Å². The lowest BCUT2D eigenvalue weighted by atomic mass is 9.59. The Morgan fingerprint density at radius 2 is 1.54 bits per heavy atom. The van der Waals surface area contributed by atoms with Gasteiger partial charge in [0, 0.05) is 17.2 Å². The van der Waals surface area contributed by atoms with E-state index in [1.54, 1.807) is 0 Å². The van der Waals surface area contributed by atoms with Crippen molar-refractivity contribution in [2.75, 3.05) is 4.81 Å². The number of aromatic nitrogens is 2. The summed E-state index contributed by atoms with van der Waals surface area (Å²) in [4.78, 5) is 2.57. The fourth-order valence-electron chi connectivity index (χ4n) is 4.50. The van der Waals surface area contributed by atoms with Gasteiger partial charge in [-0.2, -0.15) is 0 Å². The van der Waals surface area contributed by atoms with Crippen molar-refractivity contribution in [3.63, 3.8) is 0 Å². The molecule has 4 heteroatoms. The standard InChI is InChI=1S/C22H27BN3/c1-15(2)26-19-12-8-9-16(3)20(19)22-24(6)13-14-25(22)23(26)21-17(4)10-7-11-18(21)5/h7-15H,1-6H3/q+1.